The van der Waals surface area contributed by atoms with Crippen molar-refractivity contribution in [2.24, 2.45) is 0 Å². The van der Waals surface area contributed by atoms with Crippen molar-refractivity contribution in [3.63, 3.8) is 0 Å². The Morgan fingerprint density at radius 1 is 1.27 bits per heavy atom. The zero-order chi connectivity index (χ0) is 11.1. The summed E-state index contributed by atoms with van der Waals surface area (Å²) in [6.07, 6.45) is 1.97. The normalized spacial score (nSPS) is 14.9. The lowest BCUT2D eigenvalue weighted by Gasteiger charge is -2.19. The predicted octanol–water partition coefficient (Wildman–Crippen LogP) is 2.50. The molecule has 2 nitrogen and oxygen atoms in total. The van der Waals surface area contributed by atoms with Crippen LogP contribution in [0.15, 0.2) is 30.3 Å². The fourth-order valence-electron chi connectivity index (χ4n) is 1.67. The van der Waals surface area contributed by atoms with E-state index in [2.05, 4.69) is 36.5 Å². The first-order valence-corrected chi connectivity index (χ1v) is 5.70. The van der Waals surface area contributed by atoms with Crippen molar-refractivity contribution in [3.05, 3.63) is 35.9 Å². The first-order valence-electron chi connectivity index (χ1n) is 5.70. The van der Waals surface area contributed by atoms with Gasteiger partial charge in [0.25, 0.3) is 0 Å². The number of hydrogen-bond acceptors (Lipinski definition) is 2. The Morgan fingerprint density at radius 3 is 2.47 bits per heavy atom. The quantitative estimate of drug-likeness (QED) is 0.751. The lowest BCUT2D eigenvalue weighted by molar-refractivity contribution is 0.185. The smallest absolute Gasteiger partial charge is 0.0636 e. The Kier molecular flexibility index (Phi) is 5.37. The van der Waals surface area contributed by atoms with Gasteiger partial charge in [0.15, 0.2) is 0 Å². The lowest BCUT2D eigenvalue weighted by atomic mass is 10.0. The molecule has 0 aliphatic rings. The van der Waals surface area contributed by atoms with Gasteiger partial charge >= 0.3 is 0 Å². The maximum absolute atomic E-state index is 9.25. The third-order valence-corrected chi connectivity index (χ3v) is 2.44. The second-order valence-corrected chi connectivity index (χ2v) is 4.01. The van der Waals surface area contributed by atoms with Crippen LogP contribution in [0.4, 0.5) is 0 Å². The maximum Gasteiger partial charge on any atom is 0.0636 e. The molecule has 0 saturated heterocycles. The van der Waals surface area contributed by atoms with Crippen LogP contribution in [0.5, 0.6) is 0 Å². The van der Waals surface area contributed by atoms with E-state index >= 15 is 0 Å². The van der Waals surface area contributed by atoms with Crippen LogP contribution in [-0.4, -0.2) is 17.8 Å². The number of rotatable bonds is 6. The molecule has 1 aromatic rings. The van der Waals surface area contributed by atoms with Crippen LogP contribution in [0.3, 0.4) is 0 Å². The van der Waals surface area contributed by atoms with Gasteiger partial charge < -0.3 is 10.4 Å². The minimum Gasteiger partial charge on any atom is -0.392 e. The molecule has 2 atom stereocenters. The average molecular weight is 207 g/mol. The zero-order valence-corrected chi connectivity index (χ0v) is 9.61. The van der Waals surface area contributed by atoms with Crippen LogP contribution in [-0.2, 0) is 0 Å². The fourth-order valence-corrected chi connectivity index (χ4v) is 1.67. The van der Waals surface area contributed by atoms with Gasteiger partial charge in [-0.05, 0) is 18.9 Å². The molecule has 1 unspecified atom stereocenters. The van der Waals surface area contributed by atoms with Crippen molar-refractivity contribution in [2.75, 3.05) is 6.54 Å². The van der Waals surface area contributed by atoms with Crippen LogP contribution in [0.1, 0.15) is 38.3 Å². The standard InChI is InChI=1S/C13H21NO/c1-3-7-13(14-10-11(2)15)12-8-5-4-6-9-12/h4-6,8-9,11,13-15H,3,7,10H2,1-2H3/t11-,13?/m0/s1. The van der Waals surface area contributed by atoms with E-state index in [0.29, 0.717) is 12.6 Å². The summed E-state index contributed by atoms with van der Waals surface area (Å²) in [7, 11) is 0. The van der Waals surface area contributed by atoms with Gasteiger partial charge in [-0.25, -0.2) is 0 Å². The number of hydrogen-bond donors (Lipinski definition) is 2. The molecule has 2 heteroatoms. The Labute approximate surface area is 92.3 Å². The van der Waals surface area contributed by atoms with Gasteiger partial charge in [-0.3, -0.25) is 0 Å². The molecule has 0 bridgehead atoms. The zero-order valence-electron chi connectivity index (χ0n) is 9.61. The molecule has 1 aromatic carbocycles. The van der Waals surface area contributed by atoms with Gasteiger partial charge in [-0.15, -0.1) is 0 Å². The molecule has 0 radical (unpaired) electrons. The SMILES string of the molecule is CCCC(NC[C@H](C)O)c1ccccc1. The molecule has 0 aromatic heterocycles. The highest BCUT2D eigenvalue weighted by Gasteiger charge is 2.09. The largest absolute Gasteiger partial charge is 0.392 e. The highest BCUT2D eigenvalue weighted by atomic mass is 16.3. The minimum atomic E-state index is -0.284. The van der Waals surface area contributed by atoms with Crippen molar-refractivity contribution >= 4 is 0 Å². The molecule has 0 aliphatic heterocycles. The summed E-state index contributed by atoms with van der Waals surface area (Å²) in [5.74, 6) is 0. The van der Waals surface area contributed by atoms with Crippen LogP contribution < -0.4 is 5.32 Å². The van der Waals surface area contributed by atoms with Gasteiger partial charge in [-0.2, -0.15) is 0 Å². The Bertz CT molecular complexity index is 258. The van der Waals surface area contributed by atoms with E-state index in [0.717, 1.165) is 12.8 Å². The van der Waals surface area contributed by atoms with Gasteiger partial charge in [0.2, 0.25) is 0 Å². The highest BCUT2D eigenvalue weighted by Crippen LogP contribution is 2.17. The summed E-state index contributed by atoms with van der Waals surface area (Å²) in [5.41, 5.74) is 1.31. The predicted molar refractivity (Wildman–Crippen MR) is 63.8 cm³/mol. The van der Waals surface area contributed by atoms with Crippen molar-refractivity contribution in [1.82, 2.24) is 5.32 Å². The van der Waals surface area contributed by atoms with Gasteiger partial charge in [0.05, 0.1) is 6.10 Å². The molecule has 0 aliphatic carbocycles. The Morgan fingerprint density at radius 2 is 1.93 bits per heavy atom. The lowest BCUT2D eigenvalue weighted by Crippen LogP contribution is -2.28. The second kappa shape index (κ2) is 6.59. The van der Waals surface area contributed by atoms with Crippen LogP contribution in [0.25, 0.3) is 0 Å². The number of aliphatic hydroxyl groups is 1. The number of aliphatic hydroxyl groups excluding tert-OH is 1. The molecule has 2 N–H and O–H groups in total. The third kappa shape index (κ3) is 4.45. The molecule has 84 valence electrons. The number of nitrogens with one attached hydrogen (secondary N) is 1. The molecule has 0 amide bonds. The topological polar surface area (TPSA) is 32.3 Å². The van der Waals surface area contributed by atoms with Gasteiger partial charge in [-0.1, -0.05) is 43.7 Å². The average Bonchev–Trinajstić information content (AvgIpc) is 2.25. The summed E-state index contributed by atoms with van der Waals surface area (Å²) in [6, 6.07) is 10.8. The molecular weight excluding hydrogens is 186 g/mol. The van der Waals surface area contributed by atoms with E-state index < -0.39 is 0 Å². The second-order valence-electron chi connectivity index (χ2n) is 4.01. The molecule has 0 heterocycles. The van der Waals surface area contributed by atoms with Crippen molar-refractivity contribution in [1.29, 1.82) is 0 Å². The van der Waals surface area contributed by atoms with Crippen molar-refractivity contribution in [3.8, 4) is 0 Å². The third-order valence-electron chi connectivity index (χ3n) is 2.44. The maximum atomic E-state index is 9.25. The Hall–Kier alpha value is -0.860. The molecule has 15 heavy (non-hydrogen) atoms. The van der Waals surface area contributed by atoms with Gasteiger partial charge in [0, 0.05) is 12.6 Å². The van der Waals surface area contributed by atoms with Crippen molar-refractivity contribution in [2.45, 2.75) is 38.8 Å². The summed E-state index contributed by atoms with van der Waals surface area (Å²) in [4.78, 5) is 0. The first-order chi connectivity index (χ1) is 7.24. The summed E-state index contributed by atoms with van der Waals surface area (Å²) < 4.78 is 0. The van der Waals surface area contributed by atoms with E-state index in [1.54, 1.807) is 6.92 Å². The van der Waals surface area contributed by atoms with Crippen LogP contribution in [0, 0.1) is 0 Å². The van der Waals surface area contributed by atoms with Gasteiger partial charge in [0.1, 0.15) is 0 Å². The first kappa shape index (κ1) is 12.2. The van der Waals surface area contributed by atoms with E-state index in [1.165, 1.54) is 5.56 Å². The molecule has 0 saturated carbocycles. The highest BCUT2D eigenvalue weighted by molar-refractivity contribution is 5.18. The Balaban J connectivity index is 2.57. The molecule has 0 spiro atoms. The van der Waals surface area contributed by atoms with Crippen molar-refractivity contribution < 1.29 is 5.11 Å². The van der Waals surface area contributed by atoms with Crippen LogP contribution in [0.2, 0.25) is 0 Å². The molecule has 1 rings (SSSR count). The number of benzene rings is 1. The minimum absolute atomic E-state index is 0.284. The molecule has 0 fully saturated rings. The van der Waals surface area contributed by atoms with E-state index in [-0.39, 0.29) is 6.10 Å². The molecular formula is C13H21NO. The fraction of sp³-hybridized carbons (Fsp3) is 0.538. The van der Waals surface area contributed by atoms with Crippen LogP contribution >= 0.6 is 0 Å². The summed E-state index contributed by atoms with van der Waals surface area (Å²) in [5, 5.41) is 12.6. The monoisotopic (exact) mass is 207 g/mol. The van der Waals surface area contributed by atoms with E-state index in [9.17, 15) is 5.11 Å². The summed E-state index contributed by atoms with van der Waals surface area (Å²) in [6.45, 7) is 4.64. The van der Waals surface area contributed by atoms with E-state index in [1.807, 2.05) is 6.07 Å². The summed E-state index contributed by atoms with van der Waals surface area (Å²) >= 11 is 0. The van der Waals surface area contributed by atoms with E-state index in [4.69, 9.17) is 0 Å².